The first-order valence-electron chi connectivity index (χ1n) is 9.25. The van der Waals surface area contributed by atoms with Crippen LogP contribution in [0.4, 0.5) is 5.13 Å². The molecule has 0 spiro atoms. The third-order valence-electron chi connectivity index (χ3n) is 5.26. The number of hydrogen-bond donors (Lipinski definition) is 1. The van der Waals surface area contributed by atoms with Crippen LogP contribution in [-0.2, 0) is 9.59 Å². The zero-order chi connectivity index (χ0) is 18.8. The summed E-state index contributed by atoms with van der Waals surface area (Å²) in [5.74, 6) is 0.811. The van der Waals surface area contributed by atoms with Gasteiger partial charge in [-0.25, -0.2) is 0 Å². The third kappa shape index (κ3) is 3.66. The predicted octanol–water partition coefficient (Wildman–Crippen LogP) is 2.94. The molecule has 0 bridgehead atoms. The van der Waals surface area contributed by atoms with E-state index < -0.39 is 6.04 Å². The van der Waals surface area contributed by atoms with Gasteiger partial charge in [-0.05, 0) is 37.8 Å². The number of ether oxygens (including phenoxy) is 1. The van der Waals surface area contributed by atoms with Gasteiger partial charge in [-0.1, -0.05) is 29.9 Å². The summed E-state index contributed by atoms with van der Waals surface area (Å²) in [7, 11) is 1.61. The zero-order valence-electron chi connectivity index (χ0n) is 15.2. The molecule has 2 aromatic rings. The first-order valence-corrected chi connectivity index (χ1v) is 10.1. The lowest BCUT2D eigenvalue weighted by Gasteiger charge is -2.32. The fourth-order valence-electron chi connectivity index (χ4n) is 3.53. The first kappa shape index (κ1) is 17.9. The summed E-state index contributed by atoms with van der Waals surface area (Å²) in [6.45, 7) is 0.665. The molecule has 1 aromatic heterocycles. The van der Waals surface area contributed by atoms with Gasteiger partial charge in [0.05, 0.1) is 7.11 Å². The van der Waals surface area contributed by atoms with Crippen molar-refractivity contribution in [3.8, 4) is 16.3 Å². The summed E-state index contributed by atoms with van der Waals surface area (Å²) in [5, 5.41) is 12.2. The number of amides is 2. The van der Waals surface area contributed by atoms with Crippen molar-refractivity contribution in [2.24, 2.45) is 5.92 Å². The maximum atomic E-state index is 12.7. The maximum absolute atomic E-state index is 12.7. The number of likely N-dealkylation sites (tertiary alicyclic amines) is 1. The van der Waals surface area contributed by atoms with E-state index in [-0.39, 0.29) is 17.7 Å². The first-order chi connectivity index (χ1) is 13.2. The molecule has 0 unspecified atom stereocenters. The quantitative estimate of drug-likeness (QED) is 0.854. The van der Waals surface area contributed by atoms with Gasteiger partial charge in [-0.15, -0.1) is 10.2 Å². The second kappa shape index (κ2) is 7.64. The summed E-state index contributed by atoms with van der Waals surface area (Å²) < 4.78 is 5.23. The highest BCUT2D eigenvalue weighted by atomic mass is 32.1. The van der Waals surface area contributed by atoms with Crippen molar-refractivity contribution in [3.05, 3.63) is 24.3 Å². The highest BCUT2D eigenvalue weighted by Gasteiger charge is 2.39. The lowest BCUT2D eigenvalue weighted by atomic mass is 9.84. The Kier molecular flexibility index (Phi) is 5.07. The SMILES string of the molecule is COc1cccc(-c2nnc(NC(=O)[C@H]3CCCN3C(=O)C3CCC3)s2)c1. The largest absolute Gasteiger partial charge is 0.497 e. The summed E-state index contributed by atoms with van der Waals surface area (Å²) in [4.78, 5) is 27.0. The minimum atomic E-state index is -0.401. The van der Waals surface area contributed by atoms with Gasteiger partial charge in [0, 0.05) is 18.0 Å². The standard InChI is InChI=1S/C19H22N4O3S/c1-26-14-8-3-7-13(11-14)17-21-22-19(27-17)20-16(24)15-9-4-10-23(15)18(25)12-5-2-6-12/h3,7-8,11-12,15H,2,4-6,9-10H2,1H3,(H,20,22,24)/t15-/m1/s1. The molecule has 27 heavy (non-hydrogen) atoms. The molecule has 1 N–H and O–H groups in total. The number of carbonyl (C=O) groups excluding carboxylic acids is 2. The average Bonchev–Trinajstić information content (AvgIpc) is 3.29. The number of aromatic nitrogens is 2. The van der Waals surface area contributed by atoms with E-state index in [0.29, 0.717) is 23.1 Å². The van der Waals surface area contributed by atoms with E-state index in [1.54, 1.807) is 12.0 Å². The second-order valence-corrected chi connectivity index (χ2v) is 7.93. The highest BCUT2D eigenvalue weighted by Crippen LogP contribution is 2.32. The van der Waals surface area contributed by atoms with Gasteiger partial charge in [0.15, 0.2) is 0 Å². The van der Waals surface area contributed by atoms with Crippen LogP contribution in [0.3, 0.4) is 0 Å². The topological polar surface area (TPSA) is 84.4 Å². The van der Waals surface area contributed by atoms with Crippen molar-refractivity contribution >= 4 is 28.3 Å². The minimum Gasteiger partial charge on any atom is -0.497 e. The maximum Gasteiger partial charge on any atom is 0.249 e. The monoisotopic (exact) mass is 386 g/mol. The normalized spacial score (nSPS) is 19.6. The van der Waals surface area contributed by atoms with Crippen molar-refractivity contribution in [2.75, 3.05) is 19.0 Å². The van der Waals surface area contributed by atoms with Crippen LogP contribution in [0.1, 0.15) is 32.1 Å². The predicted molar refractivity (Wildman–Crippen MR) is 103 cm³/mol. The van der Waals surface area contributed by atoms with Gasteiger partial charge >= 0.3 is 0 Å². The molecule has 2 aliphatic rings. The molecule has 2 heterocycles. The average molecular weight is 386 g/mol. The molecular formula is C19H22N4O3S. The van der Waals surface area contributed by atoms with Crippen LogP contribution in [0, 0.1) is 5.92 Å². The van der Waals surface area contributed by atoms with E-state index in [1.165, 1.54) is 11.3 Å². The molecule has 1 atom stereocenters. The molecule has 4 rings (SSSR count). The van der Waals surface area contributed by atoms with Crippen LogP contribution in [0.25, 0.3) is 10.6 Å². The molecule has 0 radical (unpaired) electrons. The molecule has 1 aliphatic heterocycles. The van der Waals surface area contributed by atoms with Crippen LogP contribution in [-0.4, -0.2) is 46.6 Å². The molecule has 7 nitrogen and oxygen atoms in total. The minimum absolute atomic E-state index is 0.111. The summed E-state index contributed by atoms with van der Waals surface area (Å²) in [5.41, 5.74) is 0.884. The number of anilines is 1. The Morgan fingerprint density at radius 3 is 2.81 bits per heavy atom. The number of nitrogens with one attached hydrogen (secondary N) is 1. The van der Waals surface area contributed by atoms with Crippen molar-refractivity contribution in [3.63, 3.8) is 0 Å². The van der Waals surface area contributed by atoms with E-state index in [4.69, 9.17) is 4.74 Å². The Morgan fingerprint density at radius 2 is 2.07 bits per heavy atom. The molecule has 1 saturated carbocycles. The Labute approximate surface area is 161 Å². The van der Waals surface area contributed by atoms with E-state index in [1.807, 2.05) is 24.3 Å². The van der Waals surface area contributed by atoms with Crippen molar-refractivity contribution in [2.45, 2.75) is 38.1 Å². The van der Waals surface area contributed by atoms with Crippen molar-refractivity contribution in [1.29, 1.82) is 0 Å². The van der Waals surface area contributed by atoms with Gasteiger partial charge in [-0.2, -0.15) is 0 Å². The Hall–Kier alpha value is -2.48. The van der Waals surface area contributed by atoms with Gasteiger partial charge < -0.3 is 9.64 Å². The van der Waals surface area contributed by atoms with Crippen molar-refractivity contribution < 1.29 is 14.3 Å². The number of hydrogen-bond acceptors (Lipinski definition) is 6. The van der Waals surface area contributed by atoms with E-state index in [0.717, 1.165) is 37.0 Å². The van der Waals surface area contributed by atoms with E-state index in [9.17, 15) is 9.59 Å². The highest BCUT2D eigenvalue weighted by molar-refractivity contribution is 7.18. The van der Waals surface area contributed by atoms with Gasteiger partial charge in [0.25, 0.3) is 0 Å². The zero-order valence-corrected chi connectivity index (χ0v) is 16.0. The molecule has 1 aliphatic carbocycles. The number of nitrogens with zero attached hydrogens (tertiary/aromatic N) is 3. The van der Waals surface area contributed by atoms with Crippen molar-refractivity contribution in [1.82, 2.24) is 15.1 Å². The summed E-state index contributed by atoms with van der Waals surface area (Å²) >= 11 is 1.31. The molecule has 142 valence electrons. The van der Waals surface area contributed by atoms with Gasteiger partial charge in [-0.3, -0.25) is 14.9 Å². The lowest BCUT2D eigenvalue weighted by Crippen LogP contribution is -2.46. The van der Waals surface area contributed by atoms with E-state index >= 15 is 0 Å². The van der Waals surface area contributed by atoms with Crippen LogP contribution >= 0.6 is 11.3 Å². The lowest BCUT2D eigenvalue weighted by molar-refractivity contribution is -0.142. The molecule has 1 saturated heterocycles. The molecule has 8 heteroatoms. The summed E-state index contributed by atoms with van der Waals surface area (Å²) in [6, 6.07) is 7.14. The van der Waals surface area contributed by atoms with Gasteiger partial charge in [0.2, 0.25) is 16.9 Å². The van der Waals surface area contributed by atoms with Crippen LogP contribution < -0.4 is 10.1 Å². The van der Waals surface area contributed by atoms with Gasteiger partial charge in [0.1, 0.15) is 16.8 Å². The Morgan fingerprint density at radius 1 is 1.22 bits per heavy atom. The molecular weight excluding hydrogens is 364 g/mol. The molecule has 1 aromatic carbocycles. The second-order valence-electron chi connectivity index (χ2n) is 6.95. The smallest absolute Gasteiger partial charge is 0.249 e. The fraction of sp³-hybridized carbons (Fsp3) is 0.474. The number of carbonyl (C=O) groups is 2. The Balaban J connectivity index is 1.43. The van der Waals surface area contributed by atoms with Crippen LogP contribution in [0.2, 0.25) is 0 Å². The Bertz CT molecular complexity index is 849. The fourth-order valence-corrected chi connectivity index (χ4v) is 4.27. The summed E-state index contributed by atoms with van der Waals surface area (Å²) in [6.07, 6.45) is 4.57. The third-order valence-corrected chi connectivity index (χ3v) is 6.15. The van der Waals surface area contributed by atoms with E-state index in [2.05, 4.69) is 15.5 Å². The molecule has 2 fully saturated rings. The number of rotatable bonds is 5. The number of methoxy groups -OCH3 is 1. The van der Waals surface area contributed by atoms with Crippen LogP contribution in [0.15, 0.2) is 24.3 Å². The van der Waals surface area contributed by atoms with Crippen LogP contribution in [0.5, 0.6) is 5.75 Å². The number of benzene rings is 1. The molecule has 2 amide bonds.